The van der Waals surface area contributed by atoms with Crippen LogP contribution in [0.25, 0.3) is 0 Å². The third-order valence-corrected chi connectivity index (χ3v) is 3.43. The van der Waals surface area contributed by atoms with Crippen LogP contribution >= 0.6 is 11.3 Å². The van der Waals surface area contributed by atoms with Crippen molar-refractivity contribution in [3.63, 3.8) is 0 Å². The minimum atomic E-state index is -0.515. The van der Waals surface area contributed by atoms with Crippen LogP contribution in [0.2, 0.25) is 0 Å². The number of nitrogens with zero attached hydrogens (tertiary/aromatic N) is 2. The van der Waals surface area contributed by atoms with E-state index in [-0.39, 0.29) is 0 Å². The lowest BCUT2D eigenvalue weighted by Gasteiger charge is -2.10. The Balaban J connectivity index is 2.14. The molecule has 2 aromatic rings. The van der Waals surface area contributed by atoms with E-state index in [9.17, 15) is 5.11 Å². The average molecular weight is 234 g/mol. The quantitative estimate of drug-likeness (QED) is 0.887. The lowest BCUT2D eigenvalue weighted by Crippen LogP contribution is -2.04. The molecule has 2 rings (SSSR count). The van der Waals surface area contributed by atoms with E-state index in [1.165, 1.54) is 0 Å². The Morgan fingerprint density at radius 3 is 2.88 bits per heavy atom. The number of aliphatic hydroxyl groups is 1. The monoisotopic (exact) mass is 234 g/mol. The molecule has 4 heteroatoms. The Morgan fingerprint density at radius 2 is 2.25 bits per heavy atom. The number of rotatable bonds is 3. The Morgan fingerprint density at radius 1 is 1.44 bits per heavy atom. The largest absolute Gasteiger partial charge is 0.388 e. The van der Waals surface area contributed by atoms with Gasteiger partial charge in [0.25, 0.3) is 0 Å². The molecule has 0 aliphatic heterocycles. The summed E-state index contributed by atoms with van der Waals surface area (Å²) in [5, 5.41) is 13.1. The first-order valence-electron chi connectivity index (χ1n) is 5.17. The van der Waals surface area contributed by atoms with E-state index in [0.29, 0.717) is 6.42 Å². The fourth-order valence-electron chi connectivity index (χ4n) is 1.62. The van der Waals surface area contributed by atoms with E-state index in [0.717, 1.165) is 22.0 Å². The minimum Gasteiger partial charge on any atom is -0.388 e. The highest BCUT2D eigenvalue weighted by molar-refractivity contribution is 7.09. The molecule has 0 saturated heterocycles. The molecule has 16 heavy (non-hydrogen) atoms. The summed E-state index contributed by atoms with van der Waals surface area (Å²) in [7, 11) is 0. The van der Waals surface area contributed by atoms with Crippen molar-refractivity contribution in [3.05, 3.63) is 45.7 Å². The van der Waals surface area contributed by atoms with Crippen molar-refractivity contribution in [3.8, 4) is 0 Å². The van der Waals surface area contributed by atoms with E-state index in [1.54, 1.807) is 17.5 Å². The standard InChI is InChI=1S/C12H14N2OS/c1-8-7-16-12(14-8)6-11(15)10-4-3-5-13-9(10)2/h3-5,7,11,15H,6H2,1-2H3. The lowest BCUT2D eigenvalue weighted by atomic mass is 10.1. The van der Waals surface area contributed by atoms with Crippen molar-refractivity contribution in [2.24, 2.45) is 0 Å². The highest BCUT2D eigenvalue weighted by atomic mass is 32.1. The average Bonchev–Trinajstić information content (AvgIpc) is 2.64. The number of aromatic nitrogens is 2. The van der Waals surface area contributed by atoms with Crippen LogP contribution in [0, 0.1) is 13.8 Å². The zero-order chi connectivity index (χ0) is 11.5. The highest BCUT2D eigenvalue weighted by Crippen LogP contribution is 2.21. The molecule has 1 N–H and O–H groups in total. The molecule has 0 fully saturated rings. The number of aliphatic hydroxyl groups excluding tert-OH is 1. The molecule has 0 bridgehead atoms. The van der Waals surface area contributed by atoms with E-state index >= 15 is 0 Å². The first-order chi connectivity index (χ1) is 7.66. The van der Waals surface area contributed by atoms with Crippen molar-refractivity contribution in [2.45, 2.75) is 26.4 Å². The van der Waals surface area contributed by atoms with Gasteiger partial charge in [0.15, 0.2) is 0 Å². The van der Waals surface area contributed by atoms with Crippen LogP contribution in [0.4, 0.5) is 0 Å². The summed E-state index contributed by atoms with van der Waals surface area (Å²) < 4.78 is 0. The number of aryl methyl sites for hydroxylation is 2. The molecular formula is C12H14N2OS. The summed E-state index contributed by atoms with van der Waals surface area (Å²) in [6.07, 6.45) is 1.78. The summed E-state index contributed by atoms with van der Waals surface area (Å²) in [6, 6.07) is 3.76. The first-order valence-corrected chi connectivity index (χ1v) is 6.05. The molecule has 0 saturated carbocycles. The Hall–Kier alpha value is -1.26. The predicted octanol–water partition coefficient (Wildman–Crippen LogP) is 2.43. The molecule has 1 atom stereocenters. The Labute approximate surface area is 98.8 Å². The fraction of sp³-hybridized carbons (Fsp3) is 0.333. The molecule has 0 aromatic carbocycles. The first kappa shape index (κ1) is 11.2. The van der Waals surface area contributed by atoms with Crippen LogP contribution in [0.1, 0.15) is 28.1 Å². The van der Waals surface area contributed by atoms with Crippen molar-refractivity contribution in [1.29, 1.82) is 0 Å². The van der Waals surface area contributed by atoms with Crippen LogP contribution < -0.4 is 0 Å². The molecule has 0 spiro atoms. The van der Waals surface area contributed by atoms with Gasteiger partial charge in [-0.1, -0.05) is 6.07 Å². The van der Waals surface area contributed by atoms with Gasteiger partial charge < -0.3 is 5.11 Å². The third kappa shape index (κ3) is 2.46. The van der Waals surface area contributed by atoms with Gasteiger partial charge in [0.05, 0.1) is 11.1 Å². The van der Waals surface area contributed by atoms with E-state index in [2.05, 4.69) is 9.97 Å². The molecule has 0 radical (unpaired) electrons. The van der Waals surface area contributed by atoms with E-state index in [1.807, 2.05) is 31.4 Å². The van der Waals surface area contributed by atoms with Gasteiger partial charge in [-0.25, -0.2) is 4.98 Å². The van der Waals surface area contributed by atoms with Gasteiger partial charge in [-0.2, -0.15) is 0 Å². The van der Waals surface area contributed by atoms with E-state index < -0.39 is 6.10 Å². The summed E-state index contributed by atoms with van der Waals surface area (Å²) in [4.78, 5) is 8.51. The van der Waals surface area contributed by atoms with Gasteiger partial charge in [0.2, 0.25) is 0 Å². The summed E-state index contributed by atoms with van der Waals surface area (Å²) in [6.45, 7) is 3.87. The maximum absolute atomic E-state index is 10.1. The van der Waals surface area contributed by atoms with Crippen molar-refractivity contribution in [1.82, 2.24) is 9.97 Å². The van der Waals surface area contributed by atoms with E-state index in [4.69, 9.17) is 0 Å². The zero-order valence-corrected chi connectivity index (χ0v) is 10.2. The molecule has 0 amide bonds. The van der Waals surface area contributed by atoms with Crippen LogP contribution in [-0.2, 0) is 6.42 Å². The summed E-state index contributed by atoms with van der Waals surface area (Å²) >= 11 is 1.59. The third-order valence-electron chi connectivity index (χ3n) is 2.44. The minimum absolute atomic E-state index is 0.515. The molecular weight excluding hydrogens is 220 g/mol. The van der Waals surface area contributed by atoms with Gasteiger partial charge in [0.1, 0.15) is 0 Å². The fourth-order valence-corrected chi connectivity index (χ4v) is 2.43. The maximum Gasteiger partial charge on any atom is 0.0957 e. The zero-order valence-electron chi connectivity index (χ0n) is 9.34. The van der Waals surface area contributed by atoms with Gasteiger partial charge in [0, 0.05) is 34.9 Å². The van der Waals surface area contributed by atoms with Crippen LogP contribution in [-0.4, -0.2) is 15.1 Å². The molecule has 2 aromatic heterocycles. The second-order valence-electron chi connectivity index (χ2n) is 3.78. The predicted molar refractivity (Wildman–Crippen MR) is 64.5 cm³/mol. The highest BCUT2D eigenvalue weighted by Gasteiger charge is 2.13. The molecule has 0 aliphatic rings. The summed E-state index contributed by atoms with van der Waals surface area (Å²) in [5.41, 5.74) is 2.77. The van der Waals surface area contributed by atoms with Gasteiger partial charge in [-0.3, -0.25) is 4.98 Å². The van der Waals surface area contributed by atoms with Crippen molar-refractivity contribution < 1.29 is 5.11 Å². The normalized spacial score (nSPS) is 12.7. The van der Waals surface area contributed by atoms with Crippen LogP contribution in [0.15, 0.2) is 23.7 Å². The smallest absolute Gasteiger partial charge is 0.0957 e. The van der Waals surface area contributed by atoms with Gasteiger partial charge >= 0.3 is 0 Å². The SMILES string of the molecule is Cc1csc(CC(O)c2cccnc2C)n1. The molecule has 0 aliphatic carbocycles. The maximum atomic E-state index is 10.1. The number of hydrogen-bond donors (Lipinski definition) is 1. The summed E-state index contributed by atoms with van der Waals surface area (Å²) in [5.74, 6) is 0. The van der Waals surface area contributed by atoms with Crippen molar-refractivity contribution >= 4 is 11.3 Å². The lowest BCUT2D eigenvalue weighted by molar-refractivity contribution is 0.177. The number of thiazole rings is 1. The molecule has 1 unspecified atom stereocenters. The van der Waals surface area contributed by atoms with Crippen LogP contribution in [0.5, 0.6) is 0 Å². The van der Waals surface area contributed by atoms with Crippen LogP contribution in [0.3, 0.4) is 0 Å². The van der Waals surface area contributed by atoms with Crippen molar-refractivity contribution in [2.75, 3.05) is 0 Å². The topological polar surface area (TPSA) is 46.0 Å². The Bertz CT molecular complexity index is 481. The van der Waals surface area contributed by atoms with Gasteiger partial charge in [-0.05, 0) is 19.9 Å². The number of pyridine rings is 1. The molecule has 3 nitrogen and oxygen atoms in total. The van der Waals surface area contributed by atoms with Gasteiger partial charge in [-0.15, -0.1) is 11.3 Å². The molecule has 84 valence electrons. The Kier molecular flexibility index (Phi) is 3.31. The second-order valence-corrected chi connectivity index (χ2v) is 4.72. The molecule has 2 heterocycles. The second kappa shape index (κ2) is 4.72. The number of hydrogen-bond acceptors (Lipinski definition) is 4.